The minimum atomic E-state index is 0.670. The van der Waals surface area contributed by atoms with Gasteiger partial charge in [0, 0.05) is 19.8 Å². The van der Waals surface area contributed by atoms with Gasteiger partial charge in [-0.1, -0.05) is 11.6 Å². The van der Waals surface area contributed by atoms with Crippen LogP contribution in [0, 0.1) is 5.92 Å². The molecule has 1 unspecified atom stereocenters. The molecule has 0 amide bonds. The second-order valence-corrected chi connectivity index (χ2v) is 5.59. The zero-order valence-electron chi connectivity index (χ0n) is 11.0. The first-order valence-corrected chi connectivity index (χ1v) is 7.04. The van der Waals surface area contributed by atoms with Crippen LogP contribution in [0.25, 0.3) is 5.65 Å². The number of fused-ring (bicyclic) bond motifs is 1. The minimum absolute atomic E-state index is 0.670. The van der Waals surface area contributed by atoms with E-state index in [9.17, 15) is 0 Å². The van der Waals surface area contributed by atoms with Crippen molar-refractivity contribution in [2.75, 3.05) is 31.6 Å². The zero-order chi connectivity index (χ0) is 13.2. The molecule has 1 aliphatic rings. The molecule has 3 rings (SSSR count). The maximum Gasteiger partial charge on any atom is 0.245 e. The Morgan fingerprint density at radius 3 is 3.21 bits per heavy atom. The van der Waals surface area contributed by atoms with E-state index in [1.54, 1.807) is 10.7 Å². The van der Waals surface area contributed by atoms with E-state index >= 15 is 0 Å². The summed E-state index contributed by atoms with van der Waals surface area (Å²) in [4.78, 5) is 6.64. The maximum atomic E-state index is 5.95. The summed E-state index contributed by atoms with van der Waals surface area (Å²) in [6, 6.07) is 3.72. The van der Waals surface area contributed by atoms with E-state index in [0.717, 1.165) is 31.2 Å². The van der Waals surface area contributed by atoms with Gasteiger partial charge in [0.1, 0.15) is 0 Å². The summed E-state index contributed by atoms with van der Waals surface area (Å²) in [6.07, 6.45) is 4.31. The lowest BCUT2D eigenvalue weighted by Gasteiger charge is -2.26. The first-order chi connectivity index (χ1) is 9.22. The molecule has 0 radical (unpaired) electrons. The standard InChI is InChI=1S/C13H18ClN5/c1-18(8-10-3-2-6-15-7-10)13-16-12-5-4-11(14)9-19(12)17-13/h4-5,9-10,15H,2-3,6-8H2,1H3. The third-order valence-corrected chi connectivity index (χ3v) is 3.78. The molecule has 0 aliphatic carbocycles. The fourth-order valence-corrected chi connectivity index (χ4v) is 2.71. The Labute approximate surface area is 117 Å². The lowest BCUT2D eigenvalue weighted by Crippen LogP contribution is -2.37. The predicted octanol–water partition coefficient (Wildman–Crippen LogP) is 1.82. The molecular weight excluding hydrogens is 262 g/mol. The fourth-order valence-electron chi connectivity index (χ4n) is 2.56. The zero-order valence-corrected chi connectivity index (χ0v) is 11.8. The monoisotopic (exact) mass is 279 g/mol. The number of pyridine rings is 1. The Kier molecular flexibility index (Phi) is 3.57. The average molecular weight is 280 g/mol. The fraction of sp³-hybridized carbons (Fsp3) is 0.538. The highest BCUT2D eigenvalue weighted by Gasteiger charge is 2.17. The second kappa shape index (κ2) is 5.35. The van der Waals surface area contributed by atoms with Gasteiger partial charge in [-0.25, -0.2) is 4.52 Å². The molecule has 5 nitrogen and oxygen atoms in total. The van der Waals surface area contributed by atoms with Crippen molar-refractivity contribution in [3.8, 4) is 0 Å². The summed E-state index contributed by atoms with van der Waals surface area (Å²) in [6.45, 7) is 3.21. The minimum Gasteiger partial charge on any atom is -0.342 e. The average Bonchev–Trinajstić information content (AvgIpc) is 2.83. The molecule has 1 atom stereocenters. The number of piperidine rings is 1. The van der Waals surface area contributed by atoms with Crippen LogP contribution >= 0.6 is 11.6 Å². The molecule has 1 aliphatic heterocycles. The molecule has 0 bridgehead atoms. The highest BCUT2D eigenvalue weighted by atomic mass is 35.5. The summed E-state index contributed by atoms with van der Waals surface area (Å²) in [5, 5.41) is 8.57. The second-order valence-electron chi connectivity index (χ2n) is 5.15. The summed E-state index contributed by atoms with van der Waals surface area (Å²) >= 11 is 5.95. The molecular formula is C13H18ClN5. The van der Waals surface area contributed by atoms with Crippen LogP contribution < -0.4 is 10.2 Å². The van der Waals surface area contributed by atoms with Gasteiger partial charge in [-0.2, -0.15) is 4.98 Å². The Hall–Kier alpha value is -1.33. The van der Waals surface area contributed by atoms with E-state index in [1.165, 1.54) is 12.8 Å². The Morgan fingerprint density at radius 2 is 2.42 bits per heavy atom. The van der Waals surface area contributed by atoms with E-state index in [-0.39, 0.29) is 0 Å². The Balaban J connectivity index is 1.75. The number of aromatic nitrogens is 3. The van der Waals surface area contributed by atoms with Gasteiger partial charge >= 0.3 is 0 Å². The van der Waals surface area contributed by atoms with Crippen LogP contribution in [-0.2, 0) is 0 Å². The first kappa shape index (κ1) is 12.7. The molecule has 0 saturated carbocycles. The number of anilines is 1. The van der Waals surface area contributed by atoms with Crippen molar-refractivity contribution in [3.63, 3.8) is 0 Å². The first-order valence-electron chi connectivity index (χ1n) is 6.66. The van der Waals surface area contributed by atoms with Gasteiger partial charge in [-0.3, -0.25) is 0 Å². The smallest absolute Gasteiger partial charge is 0.245 e. The van der Waals surface area contributed by atoms with Crippen LogP contribution in [0.3, 0.4) is 0 Å². The highest BCUT2D eigenvalue weighted by molar-refractivity contribution is 6.30. The summed E-state index contributed by atoms with van der Waals surface area (Å²) in [7, 11) is 2.05. The van der Waals surface area contributed by atoms with Crippen molar-refractivity contribution in [1.82, 2.24) is 19.9 Å². The van der Waals surface area contributed by atoms with Gasteiger partial charge < -0.3 is 10.2 Å². The quantitative estimate of drug-likeness (QED) is 0.931. The van der Waals surface area contributed by atoms with E-state index in [2.05, 4.69) is 20.3 Å². The van der Waals surface area contributed by atoms with Crippen molar-refractivity contribution in [2.24, 2.45) is 5.92 Å². The van der Waals surface area contributed by atoms with Crippen LogP contribution in [0.4, 0.5) is 5.95 Å². The van der Waals surface area contributed by atoms with E-state index < -0.39 is 0 Å². The molecule has 1 N–H and O–H groups in total. The largest absolute Gasteiger partial charge is 0.342 e. The number of halogens is 1. The summed E-state index contributed by atoms with van der Waals surface area (Å²) in [5.74, 6) is 1.43. The van der Waals surface area contributed by atoms with Crippen LogP contribution in [0.15, 0.2) is 18.3 Å². The molecule has 2 aromatic rings. The molecule has 1 fully saturated rings. The van der Waals surface area contributed by atoms with Crippen molar-refractivity contribution in [2.45, 2.75) is 12.8 Å². The van der Waals surface area contributed by atoms with Gasteiger partial charge in [0.25, 0.3) is 0 Å². The van der Waals surface area contributed by atoms with E-state index in [4.69, 9.17) is 11.6 Å². The van der Waals surface area contributed by atoms with Crippen LogP contribution in [0.1, 0.15) is 12.8 Å². The van der Waals surface area contributed by atoms with Crippen molar-refractivity contribution < 1.29 is 0 Å². The molecule has 19 heavy (non-hydrogen) atoms. The van der Waals surface area contributed by atoms with Gasteiger partial charge in [-0.15, -0.1) is 5.10 Å². The predicted molar refractivity (Wildman–Crippen MR) is 76.9 cm³/mol. The van der Waals surface area contributed by atoms with Crippen molar-refractivity contribution >= 4 is 23.2 Å². The number of hydrogen-bond acceptors (Lipinski definition) is 4. The normalized spacial score (nSPS) is 19.8. The maximum absolute atomic E-state index is 5.95. The Morgan fingerprint density at radius 1 is 1.53 bits per heavy atom. The third kappa shape index (κ3) is 2.82. The van der Waals surface area contributed by atoms with Gasteiger partial charge in [-0.05, 0) is 44.0 Å². The van der Waals surface area contributed by atoms with Crippen LogP contribution in [-0.4, -0.2) is 41.3 Å². The lowest BCUT2D eigenvalue weighted by molar-refractivity contribution is 0.380. The number of nitrogens with zero attached hydrogens (tertiary/aromatic N) is 4. The van der Waals surface area contributed by atoms with Crippen molar-refractivity contribution in [1.29, 1.82) is 0 Å². The van der Waals surface area contributed by atoms with E-state index in [1.807, 2.05) is 19.2 Å². The van der Waals surface area contributed by atoms with E-state index in [0.29, 0.717) is 10.9 Å². The number of hydrogen-bond donors (Lipinski definition) is 1. The molecule has 0 spiro atoms. The highest BCUT2D eigenvalue weighted by Crippen LogP contribution is 2.16. The van der Waals surface area contributed by atoms with Crippen molar-refractivity contribution in [3.05, 3.63) is 23.4 Å². The molecule has 3 heterocycles. The topological polar surface area (TPSA) is 45.5 Å². The number of nitrogens with one attached hydrogen (secondary N) is 1. The lowest BCUT2D eigenvalue weighted by atomic mass is 9.99. The SMILES string of the molecule is CN(CC1CCCNC1)c1nc2ccc(Cl)cn2n1. The molecule has 6 heteroatoms. The van der Waals surface area contributed by atoms with Crippen LogP contribution in [0.2, 0.25) is 5.02 Å². The third-order valence-electron chi connectivity index (χ3n) is 3.56. The summed E-state index contributed by atoms with van der Waals surface area (Å²) < 4.78 is 1.73. The molecule has 0 aromatic carbocycles. The van der Waals surface area contributed by atoms with Gasteiger partial charge in [0.2, 0.25) is 5.95 Å². The van der Waals surface area contributed by atoms with Gasteiger partial charge in [0.15, 0.2) is 5.65 Å². The molecule has 2 aromatic heterocycles. The Bertz CT molecular complexity index is 561. The molecule has 102 valence electrons. The molecule has 1 saturated heterocycles. The summed E-state index contributed by atoms with van der Waals surface area (Å²) in [5.41, 5.74) is 0.827. The van der Waals surface area contributed by atoms with Crippen LogP contribution in [0.5, 0.6) is 0 Å². The van der Waals surface area contributed by atoms with Gasteiger partial charge in [0.05, 0.1) is 5.02 Å². The number of rotatable bonds is 3.